The van der Waals surface area contributed by atoms with E-state index in [4.69, 9.17) is 15.6 Å². The van der Waals surface area contributed by atoms with Gasteiger partial charge in [0, 0.05) is 12.1 Å². The lowest BCUT2D eigenvalue weighted by atomic mass is 9.76. The van der Waals surface area contributed by atoms with Crippen molar-refractivity contribution in [2.24, 2.45) is 0 Å². The van der Waals surface area contributed by atoms with Crippen LogP contribution in [0.5, 0.6) is 5.75 Å². The minimum atomic E-state index is -0.676. The van der Waals surface area contributed by atoms with E-state index in [0.717, 1.165) is 30.0 Å². The van der Waals surface area contributed by atoms with Gasteiger partial charge in [-0.05, 0) is 63.3 Å². The number of nitrogens with zero attached hydrogens (tertiary/aromatic N) is 4. The number of fused-ring (bicyclic) bond motifs is 1. The highest BCUT2D eigenvalue weighted by Crippen LogP contribution is 2.42. The van der Waals surface area contributed by atoms with Crippen molar-refractivity contribution < 1.29 is 19.0 Å². The molecule has 4 N–H and O–H groups in total. The van der Waals surface area contributed by atoms with Crippen LogP contribution in [0.4, 0.5) is 10.2 Å². The number of aromatic nitrogens is 4. The molecule has 0 saturated heterocycles. The number of rotatable bonds is 6. The molecule has 4 aromatic rings. The molecule has 1 fully saturated rings. The Labute approximate surface area is 219 Å². The molecule has 0 atom stereocenters. The number of aliphatic hydroxyl groups is 1. The first-order chi connectivity index (χ1) is 18.1. The molecule has 0 radical (unpaired) electrons. The van der Waals surface area contributed by atoms with E-state index in [-0.39, 0.29) is 17.6 Å². The molecule has 5 rings (SSSR count). The van der Waals surface area contributed by atoms with Gasteiger partial charge in [-0.3, -0.25) is 4.79 Å². The van der Waals surface area contributed by atoms with Crippen LogP contribution in [0.3, 0.4) is 0 Å². The number of hydrogen-bond donors (Lipinski definition) is 3. The number of carbonyl (C=O) groups excluding carboxylic acids is 1. The third-order valence-electron chi connectivity index (χ3n) is 7.50. The third kappa shape index (κ3) is 4.79. The van der Waals surface area contributed by atoms with Gasteiger partial charge in [0.05, 0.1) is 29.2 Å². The normalized spacial score (nSPS) is 21.4. The maximum atomic E-state index is 13.7. The average molecular weight is 519 g/mol. The predicted octanol–water partition coefficient (Wildman–Crippen LogP) is 4.19. The Kier molecular flexibility index (Phi) is 6.52. The molecule has 198 valence electrons. The van der Waals surface area contributed by atoms with Crippen LogP contribution in [0.1, 0.15) is 55.5 Å². The zero-order valence-corrected chi connectivity index (χ0v) is 21.7. The molecule has 0 unspecified atom stereocenters. The molecule has 1 aliphatic carbocycles. The molecule has 0 bridgehead atoms. The van der Waals surface area contributed by atoms with Crippen LogP contribution in [0.25, 0.3) is 22.3 Å². The van der Waals surface area contributed by atoms with Crippen molar-refractivity contribution in [1.29, 1.82) is 0 Å². The number of benzene rings is 2. The van der Waals surface area contributed by atoms with E-state index >= 15 is 0 Å². The summed E-state index contributed by atoms with van der Waals surface area (Å²) >= 11 is 0. The first-order valence-corrected chi connectivity index (χ1v) is 12.5. The van der Waals surface area contributed by atoms with Gasteiger partial charge in [-0.1, -0.05) is 24.3 Å². The van der Waals surface area contributed by atoms with Crippen LogP contribution >= 0.6 is 0 Å². The summed E-state index contributed by atoms with van der Waals surface area (Å²) in [5.41, 5.74) is 8.47. The van der Waals surface area contributed by atoms with Gasteiger partial charge in [0.25, 0.3) is 5.91 Å². The van der Waals surface area contributed by atoms with Crippen molar-refractivity contribution in [3.8, 4) is 17.0 Å². The second-order valence-corrected chi connectivity index (χ2v) is 10.4. The summed E-state index contributed by atoms with van der Waals surface area (Å²) in [7, 11) is 1.43. The number of nitrogens with one attached hydrogen (secondary N) is 1. The second kappa shape index (κ2) is 9.68. The van der Waals surface area contributed by atoms with Gasteiger partial charge in [0.2, 0.25) is 0 Å². The van der Waals surface area contributed by atoms with E-state index in [1.807, 2.05) is 35.9 Å². The van der Waals surface area contributed by atoms with Crippen LogP contribution in [0, 0.1) is 5.82 Å². The number of nitrogens with two attached hydrogens (primary N) is 1. The van der Waals surface area contributed by atoms with Crippen molar-refractivity contribution >= 4 is 22.8 Å². The van der Waals surface area contributed by atoms with Gasteiger partial charge in [0.1, 0.15) is 29.4 Å². The lowest BCUT2D eigenvalue weighted by Crippen LogP contribution is -2.41. The summed E-state index contributed by atoms with van der Waals surface area (Å²) in [6.07, 6.45) is 4.30. The van der Waals surface area contributed by atoms with Crippen LogP contribution in [0.15, 0.2) is 48.8 Å². The molecular formula is C28H31FN6O3. The highest BCUT2D eigenvalue weighted by atomic mass is 19.1. The smallest absolute Gasteiger partial charge is 0.255 e. The number of hydrogen-bond acceptors (Lipinski definition) is 7. The van der Waals surface area contributed by atoms with E-state index < -0.39 is 17.3 Å². The molecule has 1 saturated carbocycles. The van der Waals surface area contributed by atoms with Crippen molar-refractivity contribution in [1.82, 2.24) is 25.1 Å². The van der Waals surface area contributed by atoms with E-state index in [9.17, 15) is 14.3 Å². The lowest BCUT2D eigenvalue weighted by molar-refractivity contribution is -0.0127. The molecule has 9 nitrogen and oxygen atoms in total. The fourth-order valence-electron chi connectivity index (χ4n) is 5.01. The molecule has 10 heteroatoms. The number of ether oxygens (including phenoxy) is 1. The molecular weight excluding hydrogens is 487 g/mol. The average Bonchev–Trinajstić information content (AvgIpc) is 3.31. The number of halogens is 1. The van der Waals surface area contributed by atoms with Gasteiger partial charge >= 0.3 is 0 Å². The van der Waals surface area contributed by atoms with E-state index in [1.54, 1.807) is 0 Å². The first kappa shape index (κ1) is 25.6. The number of carbonyl (C=O) groups is 1. The Morgan fingerprint density at radius 2 is 1.84 bits per heavy atom. The highest BCUT2D eigenvalue weighted by Gasteiger charge is 2.39. The lowest BCUT2D eigenvalue weighted by Gasteiger charge is -2.40. The molecule has 38 heavy (non-hydrogen) atoms. The summed E-state index contributed by atoms with van der Waals surface area (Å²) in [4.78, 5) is 21.4. The molecule has 1 amide bonds. The fraction of sp³-hybridized carbons (Fsp3) is 0.357. The van der Waals surface area contributed by atoms with Crippen LogP contribution in [-0.4, -0.2) is 43.5 Å². The first-order valence-electron chi connectivity index (χ1n) is 12.5. The number of amides is 1. The van der Waals surface area contributed by atoms with Crippen molar-refractivity contribution in [3.63, 3.8) is 0 Å². The maximum absolute atomic E-state index is 13.7. The summed E-state index contributed by atoms with van der Waals surface area (Å²) < 4.78 is 20.8. The quantitative estimate of drug-likeness (QED) is 0.349. The number of methoxy groups -OCH3 is 1. The minimum absolute atomic E-state index is 0.134. The molecule has 0 spiro atoms. The maximum Gasteiger partial charge on any atom is 0.255 e. The summed E-state index contributed by atoms with van der Waals surface area (Å²) in [5, 5.41) is 18.9. The molecule has 2 aromatic carbocycles. The van der Waals surface area contributed by atoms with Gasteiger partial charge in [0.15, 0.2) is 5.65 Å². The van der Waals surface area contributed by atoms with E-state index in [1.165, 1.54) is 25.6 Å². The van der Waals surface area contributed by atoms with E-state index in [0.29, 0.717) is 41.1 Å². The van der Waals surface area contributed by atoms with E-state index in [2.05, 4.69) is 22.2 Å². The van der Waals surface area contributed by atoms with Crippen molar-refractivity contribution in [3.05, 3.63) is 65.7 Å². The summed E-state index contributed by atoms with van der Waals surface area (Å²) in [6, 6.07) is 11.4. The number of nitrogen functional groups attached to an aromatic ring is 1. The SMILES string of the molecule is COc1ccc(F)cc1C(=O)NCc1ccc(-c2nn(C3(C)CCC(C)(O)CC3)c3ncnc(N)c23)cc1. The molecule has 2 aromatic heterocycles. The summed E-state index contributed by atoms with van der Waals surface area (Å²) in [5.74, 6) is -0.290. The van der Waals surface area contributed by atoms with Crippen molar-refractivity contribution in [2.75, 3.05) is 12.8 Å². The molecule has 0 aliphatic heterocycles. The Morgan fingerprint density at radius 3 is 2.53 bits per heavy atom. The standard InChI is InChI=1S/C28H31FN6O3/c1-27(10-12-28(2,37)13-11-27)35-25-22(24(30)32-16-33-25)23(34-35)18-6-4-17(5-7-18)15-31-26(36)20-14-19(29)8-9-21(20)38-3/h4-9,14,16,37H,10-13,15H2,1-3H3,(H,31,36)(H2,30,32,33). The topological polar surface area (TPSA) is 128 Å². The minimum Gasteiger partial charge on any atom is -0.496 e. The van der Waals surface area contributed by atoms with Crippen molar-refractivity contribution in [2.45, 2.75) is 57.2 Å². The Hall–Kier alpha value is -4.05. The van der Waals surface area contributed by atoms with Crippen LogP contribution in [0.2, 0.25) is 0 Å². The Balaban J connectivity index is 1.40. The fourth-order valence-corrected chi connectivity index (χ4v) is 5.01. The second-order valence-electron chi connectivity index (χ2n) is 10.4. The van der Waals surface area contributed by atoms with Gasteiger partial charge < -0.3 is 20.9 Å². The molecule has 2 heterocycles. The predicted molar refractivity (Wildman–Crippen MR) is 142 cm³/mol. The Bertz CT molecular complexity index is 1490. The van der Waals surface area contributed by atoms with Crippen LogP contribution < -0.4 is 15.8 Å². The monoisotopic (exact) mass is 518 g/mol. The zero-order chi connectivity index (χ0) is 27.1. The zero-order valence-electron chi connectivity index (χ0n) is 21.7. The third-order valence-corrected chi connectivity index (χ3v) is 7.50. The van der Waals surface area contributed by atoms with Gasteiger partial charge in [-0.25, -0.2) is 19.0 Å². The van der Waals surface area contributed by atoms with Gasteiger partial charge in [-0.15, -0.1) is 0 Å². The number of anilines is 1. The molecule has 1 aliphatic rings. The largest absolute Gasteiger partial charge is 0.496 e. The highest BCUT2D eigenvalue weighted by molar-refractivity contribution is 5.98. The van der Waals surface area contributed by atoms with Crippen LogP contribution in [-0.2, 0) is 12.1 Å². The summed E-state index contributed by atoms with van der Waals surface area (Å²) in [6.45, 7) is 4.26. The van der Waals surface area contributed by atoms with Gasteiger partial charge in [-0.2, -0.15) is 5.10 Å². The Morgan fingerprint density at radius 1 is 1.13 bits per heavy atom.